The monoisotopic (exact) mass is 296 g/mol. The summed E-state index contributed by atoms with van der Waals surface area (Å²) < 4.78 is 2.33. The molecule has 7 heteroatoms. The van der Waals surface area contributed by atoms with Crippen molar-refractivity contribution < 1.29 is 9.90 Å². The van der Waals surface area contributed by atoms with E-state index in [0.717, 1.165) is 10.0 Å². The van der Waals surface area contributed by atoms with E-state index in [0.29, 0.717) is 6.54 Å². The van der Waals surface area contributed by atoms with Crippen molar-refractivity contribution in [2.24, 2.45) is 0 Å². The molecule has 0 amide bonds. The summed E-state index contributed by atoms with van der Waals surface area (Å²) in [7, 11) is 0. The van der Waals surface area contributed by atoms with Crippen molar-refractivity contribution in [1.29, 1.82) is 0 Å². The van der Waals surface area contributed by atoms with Gasteiger partial charge in [0.25, 0.3) is 0 Å². The van der Waals surface area contributed by atoms with E-state index in [2.05, 4.69) is 26.0 Å². The summed E-state index contributed by atoms with van der Waals surface area (Å²) >= 11 is 3.31. The van der Waals surface area contributed by atoms with Crippen LogP contribution in [0.4, 0.5) is 5.69 Å². The molecule has 3 N–H and O–H groups in total. The van der Waals surface area contributed by atoms with Crippen LogP contribution in [0.25, 0.3) is 0 Å². The van der Waals surface area contributed by atoms with Crippen LogP contribution < -0.4 is 5.73 Å². The topological polar surface area (TPSA) is 94.0 Å². The second-order valence-corrected chi connectivity index (χ2v) is 4.36. The van der Waals surface area contributed by atoms with Gasteiger partial charge in [-0.15, -0.1) is 0 Å². The Hall–Kier alpha value is -1.89. The Morgan fingerprint density at radius 2 is 2.29 bits per heavy atom. The van der Waals surface area contributed by atoms with Gasteiger partial charge in [0.1, 0.15) is 0 Å². The summed E-state index contributed by atoms with van der Waals surface area (Å²) in [4.78, 5) is 14.8. The number of hydrogen-bond acceptors (Lipinski definition) is 4. The standard InChI is InChI=1S/C10H9BrN4O2/c11-7-1-6(2-13-3-7)4-15-5-8(12)9(14-15)10(16)17/h1-3,5H,4,12H2,(H,16,17). The van der Waals surface area contributed by atoms with E-state index < -0.39 is 5.97 Å². The van der Waals surface area contributed by atoms with Gasteiger partial charge in [-0.1, -0.05) is 0 Å². The van der Waals surface area contributed by atoms with Gasteiger partial charge < -0.3 is 10.8 Å². The number of nitrogen functional groups attached to an aromatic ring is 1. The van der Waals surface area contributed by atoms with Crippen molar-refractivity contribution in [1.82, 2.24) is 14.8 Å². The molecule has 0 fully saturated rings. The predicted octanol–water partition coefficient (Wildman–Crippen LogP) is 1.37. The van der Waals surface area contributed by atoms with Crippen LogP contribution in [-0.2, 0) is 6.54 Å². The lowest BCUT2D eigenvalue weighted by atomic mass is 10.3. The van der Waals surface area contributed by atoms with E-state index in [-0.39, 0.29) is 11.4 Å². The zero-order valence-electron chi connectivity index (χ0n) is 8.67. The van der Waals surface area contributed by atoms with Crippen molar-refractivity contribution in [3.8, 4) is 0 Å². The summed E-state index contributed by atoms with van der Waals surface area (Å²) in [6, 6.07) is 1.88. The highest BCUT2D eigenvalue weighted by Crippen LogP contribution is 2.13. The van der Waals surface area contributed by atoms with E-state index in [1.54, 1.807) is 12.4 Å². The van der Waals surface area contributed by atoms with Crippen LogP contribution in [0, 0.1) is 0 Å². The minimum absolute atomic E-state index is 0.132. The van der Waals surface area contributed by atoms with E-state index in [9.17, 15) is 4.79 Å². The Morgan fingerprint density at radius 1 is 1.53 bits per heavy atom. The largest absolute Gasteiger partial charge is 0.476 e. The van der Waals surface area contributed by atoms with E-state index in [1.165, 1.54) is 10.9 Å². The fraction of sp³-hybridized carbons (Fsp3) is 0.100. The average molecular weight is 297 g/mol. The van der Waals surface area contributed by atoms with Crippen molar-refractivity contribution in [3.63, 3.8) is 0 Å². The van der Waals surface area contributed by atoms with Gasteiger partial charge in [-0.05, 0) is 27.6 Å². The zero-order chi connectivity index (χ0) is 12.4. The summed E-state index contributed by atoms with van der Waals surface area (Å²) in [5.74, 6) is -1.13. The minimum Gasteiger partial charge on any atom is -0.476 e. The Bertz CT molecular complexity index is 567. The molecule has 88 valence electrons. The second kappa shape index (κ2) is 4.54. The van der Waals surface area contributed by atoms with E-state index in [4.69, 9.17) is 10.8 Å². The van der Waals surface area contributed by atoms with Crippen molar-refractivity contribution in [3.05, 3.63) is 40.4 Å². The fourth-order valence-electron chi connectivity index (χ4n) is 1.41. The molecule has 0 saturated heterocycles. The lowest BCUT2D eigenvalue weighted by Crippen LogP contribution is -2.04. The third-order valence-electron chi connectivity index (χ3n) is 2.10. The first-order valence-electron chi connectivity index (χ1n) is 4.72. The normalized spacial score (nSPS) is 10.4. The van der Waals surface area contributed by atoms with Crippen LogP contribution in [0.5, 0.6) is 0 Å². The van der Waals surface area contributed by atoms with Crippen LogP contribution in [0.3, 0.4) is 0 Å². The highest BCUT2D eigenvalue weighted by atomic mass is 79.9. The third kappa shape index (κ3) is 2.62. The van der Waals surface area contributed by atoms with Gasteiger partial charge >= 0.3 is 5.97 Å². The molecule has 2 rings (SSSR count). The molecule has 0 spiro atoms. The number of hydrogen-bond donors (Lipinski definition) is 2. The van der Waals surface area contributed by atoms with Crippen LogP contribution in [0.2, 0.25) is 0 Å². The molecule has 2 heterocycles. The highest BCUT2D eigenvalue weighted by Gasteiger charge is 2.13. The maximum absolute atomic E-state index is 10.8. The molecular weight excluding hydrogens is 288 g/mol. The van der Waals surface area contributed by atoms with Crippen LogP contribution >= 0.6 is 15.9 Å². The van der Waals surface area contributed by atoms with Crippen LogP contribution in [-0.4, -0.2) is 25.8 Å². The number of nitrogens with zero attached hydrogens (tertiary/aromatic N) is 3. The van der Waals surface area contributed by atoms with Crippen molar-refractivity contribution >= 4 is 27.6 Å². The molecular formula is C10H9BrN4O2. The Labute approximate surface area is 105 Å². The molecule has 0 bridgehead atoms. The summed E-state index contributed by atoms with van der Waals surface area (Å²) in [6.45, 7) is 0.421. The van der Waals surface area contributed by atoms with Gasteiger partial charge in [0, 0.05) is 23.1 Å². The maximum atomic E-state index is 10.8. The van der Waals surface area contributed by atoms with Gasteiger partial charge in [-0.3, -0.25) is 9.67 Å². The quantitative estimate of drug-likeness (QED) is 0.892. The maximum Gasteiger partial charge on any atom is 0.358 e. The number of carboxylic acids is 1. The molecule has 0 aliphatic heterocycles. The Balaban J connectivity index is 2.25. The first-order valence-corrected chi connectivity index (χ1v) is 5.51. The SMILES string of the molecule is Nc1cn(Cc2cncc(Br)c2)nc1C(=O)O. The molecule has 6 nitrogen and oxygen atoms in total. The molecule has 2 aromatic heterocycles. The number of nitrogens with two attached hydrogens (primary N) is 1. The Morgan fingerprint density at radius 3 is 2.88 bits per heavy atom. The van der Waals surface area contributed by atoms with E-state index >= 15 is 0 Å². The van der Waals surface area contributed by atoms with Gasteiger partial charge in [-0.2, -0.15) is 5.10 Å². The molecule has 0 saturated carbocycles. The van der Waals surface area contributed by atoms with Gasteiger partial charge in [-0.25, -0.2) is 4.79 Å². The molecule has 0 atom stereocenters. The fourth-order valence-corrected chi connectivity index (χ4v) is 1.83. The van der Waals surface area contributed by atoms with Gasteiger partial charge in [0.2, 0.25) is 0 Å². The smallest absolute Gasteiger partial charge is 0.358 e. The first-order chi connectivity index (χ1) is 8.06. The number of halogens is 1. The number of carbonyl (C=O) groups is 1. The summed E-state index contributed by atoms with van der Waals surface area (Å²) in [5.41, 5.74) is 6.46. The molecule has 0 aliphatic carbocycles. The summed E-state index contributed by atoms with van der Waals surface area (Å²) in [6.07, 6.45) is 4.84. The lowest BCUT2D eigenvalue weighted by Gasteiger charge is -2.01. The molecule has 0 radical (unpaired) electrons. The van der Waals surface area contributed by atoms with Crippen molar-refractivity contribution in [2.75, 3.05) is 5.73 Å². The second-order valence-electron chi connectivity index (χ2n) is 3.45. The van der Waals surface area contributed by atoms with Crippen molar-refractivity contribution in [2.45, 2.75) is 6.54 Å². The summed E-state index contributed by atoms with van der Waals surface area (Å²) in [5, 5.41) is 12.7. The number of rotatable bonds is 3. The van der Waals surface area contributed by atoms with Gasteiger partial charge in [0.15, 0.2) is 5.69 Å². The highest BCUT2D eigenvalue weighted by molar-refractivity contribution is 9.10. The first kappa shape index (κ1) is 11.6. The minimum atomic E-state index is -1.13. The van der Waals surface area contributed by atoms with Crippen LogP contribution in [0.15, 0.2) is 29.1 Å². The molecule has 0 aliphatic rings. The molecule has 0 unspecified atom stereocenters. The number of aromatic carboxylic acids is 1. The Kier molecular flexibility index (Phi) is 3.10. The van der Waals surface area contributed by atoms with Crippen LogP contribution in [0.1, 0.15) is 16.1 Å². The molecule has 0 aromatic carbocycles. The number of aromatic nitrogens is 3. The molecule has 17 heavy (non-hydrogen) atoms. The average Bonchev–Trinajstić information content (AvgIpc) is 2.59. The number of carboxylic acid groups (broad SMARTS) is 1. The van der Waals surface area contributed by atoms with Gasteiger partial charge in [0.05, 0.1) is 12.2 Å². The predicted molar refractivity (Wildman–Crippen MR) is 64.6 cm³/mol. The van der Waals surface area contributed by atoms with E-state index in [1.807, 2.05) is 6.07 Å². The molecule has 2 aromatic rings. The number of pyridine rings is 1. The third-order valence-corrected chi connectivity index (χ3v) is 2.53. The number of anilines is 1. The zero-order valence-corrected chi connectivity index (χ0v) is 10.3. The lowest BCUT2D eigenvalue weighted by molar-refractivity contribution is 0.0690.